The fourth-order valence-corrected chi connectivity index (χ4v) is 3.35. The van der Waals surface area contributed by atoms with E-state index in [1.165, 1.54) is 0 Å². The molecule has 0 saturated heterocycles. The molecule has 1 aromatic heterocycles. The summed E-state index contributed by atoms with van der Waals surface area (Å²) in [7, 11) is 0. The van der Waals surface area contributed by atoms with Crippen molar-refractivity contribution in [2.75, 3.05) is 23.0 Å². The minimum atomic E-state index is -5.08. The van der Waals surface area contributed by atoms with Crippen LogP contribution in [0.2, 0.25) is 5.02 Å². The lowest BCUT2D eigenvalue weighted by Gasteiger charge is -2.11. The van der Waals surface area contributed by atoms with E-state index in [2.05, 4.69) is 32.7 Å². The second-order valence-electron chi connectivity index (χ2n) is 6.20. The standard InChI is InChI=1S/C18H15ClN4OS.C2HF3O2/c19-16-11-20-18-22-13-4-2-6-15(10-13)25-8-7-24-14-5-1-3-12(9-14)21-17(16)23-18;3-2(4,5)1(6)7/h1-6,9-11H,7-8H2,(H2,20,21,22,23);(H,6,7). The van der Waals surface area contributed by atoms with E-state index in [9.17, 15) is 13.2 Å². The second-order valence-corrected chi connectivity index (χ2v) is 7.77. The van der Waals surface area contributed by atoms with E-state index in [1.807, 2.05) is 36.4 Å². The Morgan fingerprint density at radius 1 is 1.12 bits per heavy atom. The molecule has 0 aliphatic carbocycles. The summed E-state index contributed by atoms with van der Waals surface area (Å²) >= 11 is 7.98. The van der Waals surface area contributed by atoms with Gasteiger partial charge in [0.2, 0.25) is 5.95 Å². The highest BCUT2D eigenvalue weighted by Crippen LogP contribution is 2.28. The van der Waals surface area contributed by atoms with E-state index in [0.29, 0.717) is 23.4 Å². The normalized spacial score (nSPS) is 13.0. The number of halogens is 4. The van der Waals surface area contributed by atoms with Crippen molar-refractivity contribution in [1.29, 1.82) is 0 Å². The van der Waals surface area contributed by atoms with E-state index in [1.54, 1.807) is 18.0 Å². The first-order valence-electron chi connectivity index (χ1n) is 9.03. The SMILES string of the molecule is Clc1cnc2nc1Nc1cccc(c1)OCCSc1cccc(c1)N2.O=C(O)C(F)(F)F. The quantitative estimate of drug-likeness (QED) is 0.372. The van der Waals surface area contributed by atoms with E-state index in [-0.39, 0.29) is 0 Å². The molecule has 32 heavy (non-hydrogen) atoms. The van der Waals surface area contributed by atoms with Gasteiger partial charge < -0.3 is 20.5 Å². The molecule has 3 aromatic rings. The number of hydrogen-bond donors (Lipinski definition) is 3. The van der Waals surface area contributed by atoms with Crippen molar-refractivity contribution in [3.05, 3.63) is 59.8 Å². The lowest BCUT2D eigenvalue weighted by molar-refractivity contribution is -0.192. The summed E-state index contributed by atoms with van der Waals surface area (Å²) in [6.45, 7) is 0.625. The molecule has 0 unspecified atom stereocenters. The number of rotatable bonds is 0. The van der Waals surface area contributed by atoms with Gasteiger partial charge in [-0.05, 0) is 30.3 Å². The number of fused-ring (bicyclic) bond motifs is 6. The van der Waals surface area contributed by atoms with Crippen molar-refractivity contribution in [3.63, 3.8) is 0 Å². The first kappa shape index (κ1) is 23.5. The zero-order valence-electron chi connectivity index (χ0n) is 16.2. The van der Waals surface area contributed by atoms with Gasteiger partial charge >= 0.3 is 12.1 Å². The van der Waals surface area contributed by atoms with Crippen molar-refractivity contribution in [2.24, 2.45) is 0 Å². The summed E-state index contributed by atoms with van der Waals surface area (Å²) < 4.78 is 37.6. The number of aromatic nitrogens is 2. The van der Waals surface area contributed by atoms with E-state index in [4.69, 9.17) is 26.2 Å². The third-order valence-electron chi connectivity index (χ3n) is 3.79. The summed E-state index contributed by atoms with van der Waals surface area (Å²) in [6, 6.07) is 15.8. The van der Waals surface area contributed by atoms with Crippen LogP contribution >= 0.6 is 23.4 Å². The van der Waals surface area contributed by atoms with Gasteiger partial charge in [-0.15, -0.1) is 11.8 Å². The summed E-state index contributed by atoms with van der Waals surface area (Å²) in [5, 5.41) is 14.0. The maximum atomic E-state index is 10.6. The van der Waals surface area contributed by atoms with Crippen LogP contribution in [0.25, 0.3) is 0 Å². The molecule has 7 nitrogen and oxygen atoms in total. The van der Waals surface area contributed by atoms with Gasteiger partial charge in [0.05, 0.1) is 12.8 Å². The maximum absolute atomic E-state index is 10.6. The summed E-state index contributed by atoms with van der Waals surface area (Å²) in [5.74, 6) is -0.0738. The van der Waals surface area contributed by atoms with Crippen molar-refractivity contribution in [1.82, 2.24) is 9.97 Å². The Bertz CT molecular complexity index is 1100. The third-order valence-corrected chi connectivity index (χ3v) is 5.03. The highest BCUT2D eigenvalue weighted by atomic mass is 35.5. The Morgan fingerprint density at radius 3 is 2.53 bits per heavy atom. The number of thioether (sulfide) groups is 1. The van der Waals surface area contributed by atoms with Crippen LogP contribution in [-0.2, 0) is 4.79 Å². The van der Waals surface area contributed by atoms with Crippen molar-refractivity contribution < 1.29 is 27.8 Å². The molecule has 0 amide bonds. The summed E-state index contributed by atoms with van der Waals surface area (Å²) in [4.78, 5) is 18.8. The Balaban J connectivity index is 0.000000360. The molecule has 0 radical (unpaired) electrons. The van der Waals surface area contributed by atoms with Crippen molar-refractivity contribution in [2.45, 2.75) is 11.1 Å². The number of hydrogen-bond acceptors (Lipinski definition) is 7. The molecule has 6 bridgehead atoms. The van der Waals surface area contributed by atoms with Gasteiger partial charge in [-0.1, -0.05) is 23.7 Å². The number of carboxylic acid groups (broad SMARTS) is 1. The topological polar surface area (TPSA) is 96.4 Å². The van der Waals surface area contributed by atoms with Crippen LogP contribution in [0.3, 0.4) is 0 Å². The predicted molar refractivity (Wildman–Crippen MR) is 116 cm³/mol. The van der Waals surface area contributed by atoms with Crippen LogP contribution in [0.5, 0.6) is 5.75 Å². The summed E-state index contributed by atoms with van der Waals surface area (Å²) in [5.41, 5.74) is 1.78. The molecule has 0 fully saturated rings. The monoisotopic (exact) mass is 484 g/mol. The van der Waals surface area contributed by atoms with Crippen LogP contribution in [0, 0.1) is 0 Å². The minimum absolute atomic E-state index is 0.450. The average Bonchev–Trinajstić information content (AvgIpc) is 2.74. The predicted octanol–water partition coefficient (Wildman–Crippen LogP) is 5.74. The largest absolute Gasteiger partial charge is 0.493 e. The number of aliphatic carboxylic acids is 1. The van der Waals surface area contributed by atoms with Gasteiger partial charge in [0.25, 0.3) is 0 Å². The Kier molecular flexibility index (Phi) is 7.65. The molecule has 0 spiro atoms. The number of benzene rings is 2. The van der Waals surface area contributed by atoms with Crippen molar-refractivity contribution in [3.8, 4) is 5.75 Å². The summed E-state index contributed by atoms with van der Waals surface area (Å²) in [6.07, 6.45) is -3.50. The fraction of sp³-hybridized carbons (Fsp3) is 0.150. The molecule has 4 rings (SSSR count). The molecule has 2 heterocycles. The number of alkyl halides is 3. The van der Waals surface area contributed by atoms with E-state index in [0.717, 1.165) is 27.8 Å². The molecule has 1 aliphatic rings. The first-order valence-corrected chi connectivity index (χ1v) is 10.4. The van der Waals surface area contributed by atoms with Gasteiger partial charge in [-0.3, -0.25) is 0 Å². The Labute approximate surface area is 190 Å². The van der Waals surface area contributed by atoms with Gasteiger partial charge in [0.1, 0.15) is 10.8 Å². The molecule has 0 saturated carbocycles. The van der Waals surface area contributed by atoms with Crippen LogP contribution in [0.4, 0.5) is 36.3 Å². The molecule has 0 atom stereocenters. The molecule has 168 valence electrons. The highest BCUT2D eigenvalue weighted by molar-refractivity contribution is 7.99. The lowest BCUT2D eigenvalue weighted by Crippen LogP contribution is -2.21. The molecule has 1 aliphatic heterocycles. The van der Waals surface area contributed by atoms with Crippen LogP contribution in [0.1, 0.15) is 0 Å². The third kappa shape index (κ3) is 6.92. The first-order chi connectivity index (χ1) is 15.2. The van der Waals surface area contributed by atoms with Gasteiger partial charge in [-0.2, -0.15) is 18.2 Å². The molecule has 12 heteroatoms. The smallest absolute Gasteiger partial charge is 0.490 e. The number of nitrogens with zero attached hydrogens (tertiary/aromatic N) is 2. The minimum Gasteiger partial charge on any atom is -0.493 e. The van der Waals surface area contributed by atoms with E-state index >= 15 is 0 Å². The Morgan fingerprint density at radius 2 is 1.81 bits per heavy atom. The number of ether oxygens (including phenoxy) is 1. The number of carboxylic acids is 1. The van der Waals surface area contributed by atoms with Crippen molar-refractivity contribution >= 4 is 52.5 Å². The van der Waals surface area contributed by atoms with E-state index < -0.39 is 12.1 Å². The lowest BCUT2D eigenvalue weighted by atomic mass is 10.3. The number of anilines is 4. The zero-order chi connectivity index (χ0) is 23.1. The number of nitrogens with one attached hydrogen (secondary N) is 2. The Hall–Kier alpha value is -3.18. The average molecular weight is 485 g/mol. The highest BCUT2D eigenvalue weighted by Gasteiger charge is 2.38. The van der Waals surface area contributed by atoms with Gasteiger partial charge in [0, 0.05) is 28.1 Å². The van der Waals surface area contributed by atoms with Crippen LogP contribution in [-0.4, -0.2) is 39.6 Å². The fourth-order valence-electron chi connectivity index (χ4n) is 2.43. The van der Waals surface area contributed by atoms with Crippen LogP contribution < -0.4 is 15.4 Å². The molecular formula is C20H16ClF3N4O3S. The zero-order valence-corrected chi connectivity index (χ0v) is 17.8. The van der Waals surface area contributed by atoms with Gasteiger partial charge in [0.15, 0.2) is 5.82 Å². The van der Waals surface area contributed by atoms with Gasteiger partial charge in [-0.25, -0.2) is 9.78 Å². The molecule has 2 aromatic carbocycles. The van der Waals surface area contributed by atoms with Crippen LogP contribution in [0.15, 0.2) is 59.6 Å². The second kappa shape index (κ2) is 10.4. The molecular weight excluding hydrogens is 469 g/mol. The molecule has 3 N–H and O–H groups in total. The number of carbonyl (C=O) groups is 1. The maximum Gasteiger partial charge on any atom is 0.490 e.